The van der Waals surface area contributed by atoms with Gasteiger partial charge in [-0.15, -0.1) is 0 Å². The molecule has 1 unspecified atom stereocenters. The Hall–Kier alpha value is -1.09. The molecular formula is C14H23FN2. The lowest BCUT2D eigenvalue weighted by molar-refractivity contribution is 0.578. The third-order valence-corrected chi connectivity index (χ3v) is 3.19. The van der Waals surface area contributed by atoms with Gasteiger partial charge in [-0.25, -0.2) is 4.39 Å². The second kappa shape index (κ2) is 6.60. The molecule has 17 heavy (non-hydrogen) atoms. The molecule has 3 heteroatoms. The van der Waals surface area contributed by atoms with Gasteiger partial charge in [-0.1, -0.05) is 19.1 Å². The van der Waals surface area contributed by atoms with E-state index < -0.39 is 0 Å². The number of para-hydroxylation sites is 1. The van der Waals surface area contributed by atoms with Crippen molar-refractivity contribution in [1.82, 2.24) is 5.32 Å². The average Bonchev–Trinajstić information content (AvgIpc) is 2.33. The Morgan fingerprint density at radius 3 is 2.59 bits per heavy atom. The van der Waals surface area contributed by atoms with Crippen LogP contribution >= 0.6 is 0 Å². The third-order valence-electron chi connectivity index (χ3n) is 3.19. The van der Waals surface area contributed by atoms with Crippen LogP contribution in [0.2, 0.25) is 0 Å². The molecule has 1 N–H and O–H groups in total. The number of hydrogen-bond donors (Lipinski definition) is 1. The van der Waals surface area contributed by atoms with Crippen molar-refractivity contribution in [2.75, 3.05) is 18.5 Å². The van der Waals surface area contributed by atoms with Gasteiger partial charge < -0.3 is 10.2 Å². The lowest BCUT2D eigenvalue weighted by atomic mass is 10.1. The fourth-order valence-electron chi connectivity index (χ4n) is 2.13. The van der Waals surface area contributed by atoms with Crippen LogP contribution < -0.4 is 10.2 Å². The first-order chi connectivity index (χ1) is 8.15. The number of hydrogen-bond acceptors (Lipinski definition) is 2. The summed E-state index contributed by atoms with van der Waals surface area (Å²) in [5.74, 6) is -0.125. The number of anilines is 1. The van der Waals surface area contributed by atoms with Crippen molar-refractivity contribution in [2.45, 2.75) is 39.8 Å². The topological polar surface area (TPSA) is 15.3 Å². The van der Waals surface area contributed by atoms with Crippen molar-refractivity contribution >= 4 is 5.69 Å². The smallest absolute Gasteiger partial charge is 0.146 e. The highest BCUT2D eigenvalue weighted by Gasteiger charge is 2.18. The van der Waals surface area contributed by atoms with Gasteiger partial charge in [0, 0.05) is 19.1 Å². The molecule has 0 amide bonds. The predicted molar refractivity (Wildman–Crippen MR) is 71.9 cm³/mol. The highest BCUT2D eigenvalue weighted by atomic mass is 19.1. The molecule has 0 aliphatic heterocycles. The van der Waals surface area contributed by atoms with E-state index in [1.54, 1.807) is 12.1 Å². The van der Waals surface area contributed by atoms with Gasteiger partial charge in [0.05, 0.1) is 5.69 Å². The minimum atomic E-state index is -0.125. The molecule has 96 valence electrons. The Balaban J connectivity index is 3.15. The number of rotatable bonds is 6. The van der Waals surface area contributed by atoms with Gasteiger partial charge in [0.2, 0.25) is 0 Å². The lowest BCUT2D eigenvalue weighted by Crippen LogP contribution is -2.34. The number of halogens is 1. The third kappa shape index (κ3) is 3.19. The highest BCUT2D eigenvalue weighted by molar-refractivity contribution is 5.55. The Labute approximate surface area is 104 Å². The molecule has 0 saturated carbocycles. The molecule has 0 heterocycles. The largest absolute Gasteiger partial charge is 0.366 e. The van der Waals surface area contributed by atoms with E-state index in [0.29, 0.717) is 12.6 Å². The van der Waals surface area contributed by atoms with Gasteiger partial charge >= 0.3 is 0 Å². The lowest BCUT2D eigenvalue weighted by Gasteiger charge is -2.31. The van der Waals surface area contributed by atoms with E-state index in [4.69, 9.17) is 0 Å². The van der Waals surface area contributed by atoms with Gasteiger partial charge in [-0.3, -0.25) is 0 Å². The molecule has 1 aromatic carbocycles. The summed E-state index contributed by atoms with van der Waals surface area (Å²) in [5.41, 5.74) is 1.77. The van der Waals surface area contributed by atoms with Crippen molar-refractivity contribution in [3.8, 4) is 0 Å². The van der Waals surface area contributed by atoms with Crippen LogP contribution in [0.4, 0.5) is 10.1 Å². The summed E-state index contributed by atoms with van der Waals surface area (Å²) in [6, 6.07) is 5.66. The van der Waals surface area contributed by atoms with E-state index in [-0.39, 0.29) is 5.82 Å². The Morgan fingerprint density at radius 1 is 1.35 bits per heavy atom. The van der Waals surface area contributed by atoms with E-state index >= 15 is 0 Å². The van der Waals surface area contributed by atoms with Crippen LogP contribution in [0.1, 0.15) is 32.8 Å². The molecule has 0 fully saturated rings. The predicted octanol–water partition coefficient (Wildman–Crippen LogP) is 3.17. The summed E-state index contributed by atoms with van der Waals surface area (Å²) in [6.45, 7) is 7.86. The zero-order valence-electron chi connectivity index (χ0n) is 11.3. The van der Waals surface area contributed by atoms with E-state index in [0.717, 1.165) is 24.2 Å². The van der Waals surface area contributed by atoms with Crippen LogP contribution in [-0.4, -0.2) is 19.6 Å². The first-order valence-electron chi connectivity index (χ1n) is 6.34. The SMILES string of the molecule is CCC(C)N(CC)c1c(F)cccc1CNC. The van der Waals surface area contributed by atoms with Crippen molar-refractivity contribution < 1.29 is 4.39 Å². The second-order valence-electron chi connectivity index (χ2n) is 4.32. The van der Waals surface area contributed by atoms with Crippen LogP contribution in [-0.2, 0) is 6.54 Å². The summed E-state index contributed by atoms with van der Waals surface area (Å²) >= 11 is 0. The number of nitrogens with one attached hydrogen (secondary N) is 1. The summed E-state index contributed by atoms with van der Waals surface area (Å²) in [7, 11) is 1.88. The summed E-state index contributed by atoms with van der Waals surface area (Å²) in [4.78, 5) is 2.14. The molecule has 1 atom stereocenters. The van der Waals surface area contributed by atoms with Gasteiger partial charge in [0.1, 0.15) is 5.82 Å². The highest BCUT2D eigenvalue weighted by Crippen LogP contribution is 2.26. The minimum Gasteiger partial charge on any atom is -0.366 e. The van der Waals surface area contributed by atoms with Gasteiger partial charge in [-0.2, -0.15) is 0 Å². The van der Waals surface area contributed by atoms with Crippen LogP contribution in [0, 0.1) is 5.82 Å². The monoisotopic (exact) mass is 238 g/mol. The van der Waals surface area contributed by atoms with E-state index in [2.05, 4.69) is 31.0 Å². The molecule has 1 rings (SSSR count). The zero-order chi connectivity index (χ0) is 12.8. The maximum Gasteiger partial charge on any atom is 0.146 e. The molecule has 2 nitrogen and oxygen atoms in total. The minimum absolute atomic E-state index is 0.125. The van der Waals surface area contributed by atoms with Gasteiger partial charge in [0.15, 0.2) is 0 Å². The fourth-order valence-corrected chi connectivity index (χ4v) is 2.13. The van der Waals surface area contributed by atoms with Crippen LogP contribution in [0.3, 0.4) is 0 Å². The maximum absolute atomic E-state index is 14.0. The van der Waals surface area contributed by atoms with Crippen molar-refractivity contribution in [3.05, 3.63) is 29.6 Å². The first kappa shape index (κ1) is 14.0. The standard InChI is InChI=1S/C14H23FN2/c1-5-11(3)17(6-2)14-12(10-16-4)8-7-9-13(14)15/h7-9,11,16H,5-6,10H2,1-4H3. The average molecular weight is 238 g/mol. The zero-order valence-corrected chi connectivity index (χ0v) is 11.3. The molecule has 1 aromatic rings. The van der Waals surface area contributed by atoms with E-state index in [1.807, 2.05) is 13.1 Å². The second-order valence-corrected chi connectivity index (χ2v) is 4.32. The molecule has 0 radical (unpaired) electrons. The summed E-state index contributed by atoms with van der Waals surface area (Å²) in [5, 5.41) is 3.09. The fraction of sp³-hybridized carbons (Fsp3) is 0.571. The van der Waals surface area contributed by atoms with E-state index in [1.165, 1.54) is 0 Å². The molecule has 0 bridgehead atoms. The maximum atomic E-state index is 14.0. The van der Waals surface area contributed by atoms with Crippen LogP contribution in [0.15, 0.2) is 18.2 Å². The quantitative estimate of drug-likeness (QED) is 0.819. The normalized spacial score (nSPS) is 12.5. The van der Waals surface area contributed by atoms with E-state index in [9.17, 15) is 4.39 Å². The Kier molecular flexibility index (Phi) is 5.42. The first-order valence-corrected chi connectivity index (χ1v) is 6.34. The van der Waals surface area contributed by atoms with Gasteiger partial charge in [-0.05, 0) is 38.9 Å². The van der Waals surface area contributed by atoms with Crippen LogP contribution in [0.5, 0.6) is 0 Å². The van der Waals surface area contributed by atoms with Crippen LogP contribution in [0.25, 0.3) is 0 Å². The summed E-state index contributed by atoms with van der Waals surface area (Å²) < 4.78 is 14.0. The molecule has 0 spiro atoms. The van der Waals surface area contributed by atoms with Crippen molar-refractivity contribution in [1.29, 1.82) is 0 Å². The summed E-state index contributed by atoms with van der Waals surface area (Å²) in [6.07, 6.45) is 1.02. The Morgan fingerprint density at radius 2 is 2.06 bits per heavy atom. The molecular weight excluding hydrogens is 215 g/mol. The van der Waals surface area contributed by atoms with Crippen molar-refractivity contribution in [3.63, 3.8) is 0 Å². The number of benzene rings is 1. The molecule has 0 aliphatic rings. The Bertz CT molecular complexity index is 352. The molecule has 0 saturated heterocycles. The van der Waals surface area contributed by atoms with Gasteiger partial charge in [0.25, 0.3) is 0 Å². The molecule has 0 aromatic heterocycles. The molecule has 0 aliphatic carbocycles. The van der Waals surface area contributed by atoms with Crippen molar-refractivity contribution in [2.24, 2.45) is 0 Å². The number of nitrogens with zero attached hydrogens (tertiary/aromatic N) is 1.